The van der Waals surface area contributed by atoms with Crippen LogP contribution in [-0.2, 0) is 16.0 Å². The van der Waals surface area contributed by atoms with Crippen molar-refractivity contribution >= 4 is 21.4 Å². The SMILES string of the molecule is CS(=O)(=O)c1cc(C(F)(F)F)cnc1Cl. The zero-order valence-electron chi connectivity index (χ0n) is 7.34. The number of halogens is 4. The summed E-state index contributed by atoms with van der Waals surface area (Å²) in [7, 11) is -3.81. The number of rotatable bonds is 1. The number of hydrogen-bond donors (Lipinski definition) is 0. The van der Waals surface area contributed by atoms with Crippen molar-refractivity contribution in [2.45, 2.75) is 11.1 Å². The molecule has 0 aliphatic rings. The molecule has 0 saturated carbocycles. The molecular formula is C7H5ClF3NO2S. The first-order valence-electron chi connectivity index (χ1n) is 3.55. The maximum absolute atomic E-state index is 12.2. The number of sulfone groups is 1. The minimum absolute atomic E-state index is 0.463. The fourth-order valence-electron chi connectivity index (χ4n) is 0.843. The van der Waals surface area contributed by atoms with Crippen LogP contribution in [0.4, 0.5) is 13.2 Å². The molecule has 0 N–H and O–H groups in total. The molecule has 0 spiro atoms. The van der Waals surface area contributed by atoms with Crippen LogP contribution >= 0.6 is 11.6 Å². The first kappa shape index (κ1) is 12.3. The Morgan fingerprint density at radius 3 is 2.33 bits per heavy atom. The highest BCUT2D eigenvalue weighted by Crippen LogP contribution is 2.31. The molecule has 84 valence electrons. The van der Waals surface area contributed by atoms with Gasteiger partial charge in [0.1, 0.15) is 10.0 Å². The van der Waals surface area contributed by atoms with E-state index in [9.17, 15) is 21.6 Å². The Morgan fingerprint density at radius 2 is 1.93 bits per heavy atom. The molecule has 0 aliphatic carbocycles. The second-order valence-electron chi connectivity index (χ2n) is 2.78. The Hall–Kier alpha value is -0.820. The van der Waals surface area contributed by atoms with Crippen LogP contribution in [0.3, 0.4) is 0 Å². The van der Waals surface area contributed by atoms with Crippen molar-refractivity contribution < 1.29 is 21.6 Å². The van der Waals surface area contributed by atoms with Crippen molar-refractivity contribution in [3.8, 4) is 0 Å². The zero-order chi connectivity index (χ0) is 11.9. The number of alkyl halides is 3. The van der Waals surface area contributed by atoms with Gasteiger partial charge < -0.3 is 0 Å². The van der Waals surface area contributed by atoms with E-state index in [0.717, 1.165) is 6.26 Å². The first-order valence-corrected chi connectivity index (χ1v) is 5.82. The van der Waals surface area contributed by atoms with Crippen molar-refractivity contribution in [1.82, 2.24) is 4.98 Å². The Bertz CT molecular complexity index is 483. The van der Waals surface area contributed by atoms with Crippen molar-refractivity contribution in [3.05, 3.63) is 23.0 Å². The van der Waals surface area contributed by atoms with Crippen LogP contribution in [0.25, 0.3) is 0 Å². The molecule has 0 bridgehead atoms. The summed E-state index contributed by atoms with van der Waals surface area (Å²) in [5, 5.41) is -0.467. The molecule has 1 aromatic heterocycles. The van der Waals surface area contributed by atoms with Crippen LogP contribution in [0.1, 0.15) is 5.56 Å². The summed E-state index contributed by atoms with van der Waals surface area (Å²) < 4.78 is 58.7. The molecule has 0 fully saturated rings. The van der Waals surface area contributed by atoms with Crippen LogP contribution in [0.2, 0.25) is 5.15 Å². The molecular weight excluding hydrogens is 255 g/mol. The highest BCUT2D eigenvalue weighted by Gasteiger charge is 2.32. The van der Waals surface area contributed by atoms with Crippen LogP contribution < -0.4 is 0 Å². The maximum atomic E-state index is 12.2. The third kappa shape index (κ3) is 2.82. The monoisotopic (exact) mass is 259 g/mol. The average Bonchev–Trinajstić information content (AvgIpc) is 2.00. The average molecular weight is 260 g/mol. The van der Waals surface area contributed by atoms with E-state index in [4.69, 9.17) is 11.6 Å². The Labute approximate surface area is 88.8 Å². The van der Waals surface area contributed by atoms with Crippen molar-refractivity contribution in [1.29, 1.82) is 0 Å². The van der Waals surface area contributed by atoms with Gasteiger partial charge in [0.2, 0.25) is 0 Å². The second kappa shape index (κ2) is 3.64. The van der Waals surface area contributed by atoms with Gasteiger partial charge in [-0.2, -0.15) is 13.2 Å². The molecule has 1 aromatic rings. The fourth-order valence-corrected chi connectivity index (χ4v) is 2.07. The maximum Gasteiger partial charge on any atom is 0.417 e. The number of nitrogens with zero attached hydrogens (tertiary/aromatic N) is 1. The quantitative estimate of drug-likeness (QED) is 0.726. The van der Waals surface area contributed by atoms with Crippen LogP contribution in [0.5, 0.6) is 0 Å². The molecule has 3 nitrogen and oxygen atoms in total. The second-order valence-corrected chi connectivity index (χ2v) is 5.13. The van der Waals surface area contributed by atoms with E-state index in [-0.39, 0.29) is 0 Å². The van der Waals surface area contributed by atoms with Crippen LogP contribution in [0, 0.1) is 0 Å². The lowest BCUT2D eigenvalue weighted by atomic mass is 10.3. The third-order valence-corrected chi connectivity index (χ3v) is 3.06. The number of pyridine rings is 1. The number of aromatic nitrogens is 1. The molecule has 0 saturated heterocycles. The predicted molar refractivity (Wildman–Crippen MR) is 47.4 cm³/mol. The lowest BCUT2D eigenvalue weighted by Crippen LogP contribution is -2.08. The van der Waals surface area contributed by atoms with Gasteiger partial charge in [0, 0.05) is 12.5 Å². The van der Waals surface area contributed by atoms with Gasteiger partial charge in [0.25, 0.3) is 0 Å². The molecule has 15 heavy (non-hydrogen) atoms. The topological polar surface area (TPSA) is 47.0 Å². The highest BCUT2D eigenvalue weighted by atomic mass is 35.5. The Balaban J connectivity index is 3.43. The van der Waals surface area contributed by atoms with E-state index in [1.165, 1.54) is 0 Å². The molecule has 0 aliphatic heterocycles. The van der Waals surface area contributed by atoms with Gasteiger partial charge in [-0.1, -0.05) is 11.6 Å². The van der Waals surface area contributed by atoms with Gasteiger partial charge in [-0.25, -0.2) is 13.4 Å². The summed E-state index contributed by atoms with van der Waals surface area (Å²) in [5.41, 5.74) is -1.15. The van der Waals surface area contributed by atoms with Crippen molar-refractivity contribution in [3.63, 3.8) is 0 Å². The summed E-state index contributed by atoms with van der Waals surface area (Å²) in [6, 6.07) is 0.463. The van der Waals surface area contributed by atoms with E-state index < -0.39 is 31.6 Å². The van der Waals surface area contributed by atoms with E-state index in [1.807, 2.05) is 0 Å². The highest BCUT2D eigenvalue weighted by molar-refractivity contribution is 7.90. The molecule has 1 rings (SSSR count). The van der Waals surface area contributed by atoms with Crippen LogP contribution in [-0.4, -0.2) is 19.7 Å². The predicted octanol–water partition coefficient (Wildman–Crippen LogP) is 2.16. The van der Waals surface area contributed by atoms with Crippen molar-refractivity contribution in [2.75, 3.05) is 6.26 Å². The Kier molecular flexibility index (Phi) is 2.97. The summed E-state index contributed by atoms with van der Waals surface area (Å²) >= 11 is 5.37. The molecule has 0 aromatic carbocycles. The van der Waals surface area contributed by atoms with Gasteiger partial charge in [-0.15, -0.1) is 0 Å². The zero-order valence-corrected chi connectivity index (χ0v) is 8.91. The molecule has 0 unspecified atom stereocenters. The standard InChI is InChI=1S/C7H5ClF3NO2S/c1-15(13,14)5-2-4(7(9,10)11)3-12-6(5)8/h2-3H,1H3. The van der Waals surface area contributed by atoms with Gasteiger partial charge >= 0.3 is 6.18 Å². The normalized spacial score (nSPS) is 12.9. The minimum Gasteiger partial charge on any atom is -0.243 e. The molecule has 8 heteroatoms. The van der Waals surface area contributed by atoms with Gasteiger partial charge in [-0.3, -0.25) is 0 Å². The van der Waals surface area contributed by atoms with Crippen LogP contribution in [0.15, 0.2) is 17.2 Å². The van der Waals surface area contributed by atoms with Crippen molar-refractivity contribution in [2.24, 2.45) is 0 Å². The first-order chi connectivity index (χ1) is 6.62. The van der Waals surface area contributed by atoms with E-state index in [1.54, 1.807) is 0 Å². The van der Waals surface area contributed by atoms with Gasteiger partial charge in [-0.05, 0) is 6.07 Å². The molecule has 0 atom stereocenters. The third-order valence-electron chi connectivity index (χ3n) is 1.53. The minimum atomic E-state index is -4.64. The Morgan fingerprint density at radius 1 is 1.40 bits per heavy atom. The summed E-state index contributed by atoms with van der Waals surface area (Å²) in [6.07, 6.45) is -3.40. The van der Waals surface area contributed by atoms with Gasteiger partial charge in [0.15, 0.2) is 9.84 Å². The summed E-state index contributed by atoms with van der Waals surface area (Å²) in [4.78, 5) is 2.55. The molecule has 0 radical (unpaired) electrons. The number of hydrogen-bond acceptors (Lipinski definition) is 3. The van der Waals surface area contributed by atoms with E-state index in [0.29, 0.717) is 12.3 Å². The largest absolute Gasteiger partial charge is 0.417 e. The molecule has 0 amide bonds. The van der Waals surface area contributed by atoms with Gasteiger partial charge in [0.05, 0.1) is 5.56 Å². The fraction of sp³-hybridized carbons (Fsp3) is 0.286. The smallest absolute Gasteiger partial charge is 0.243 e. The lowest BCUT2D eigenvalue weighted by Gasteiger charge is -2.08. The molecule has 1 heterocycles. The van der Waals surface area contributed by atoms with E-state index >= 15 is 0 Å². The summed E-state index contributed by atoms with van der Waals surface area (Å²) in [5.74, 6) is 0. The summed E-state index contributed by atoms with van der Waals surface area (Å²) in [6.45, 7) is 0. The lowest BCUT2D eigenvalue weighted by molar-refractivity contribution is -0.138. The van der Waals surface area contributed by atoms with E-state index in [2.05, 4.69) is 4.98 Å².